The Balaban J connectivity index is 2.18. The number of benzene rings is 3. The first-order chi connectivity index (χ1) is 19.4. The van der Waals surface area contributed by atoms with Gasteiger partial charge in [-0.1, -0.05) is 18.2 Å². The van der Waals surface area contributed by atoms with E-state index in [1.807, 2.05) is 90.1 Å². The molecule has 0 unspecified atom stereocenters. The Labute approximate surface area is 246 Å². The molecule has 0 amide bonds. The van der Waals surface area contributed by atoms with Gasteiger partial charge in [0.1, 0.15) is 28.7 Å². The van der Waals surface area contributed by atoms with Gasteiger partial charge in [0, 0.05) is 25.4 Å². The Bertz CT molecular complexity index is 1210. The fraction of sp³-hybridized carbons (Fsp3) is 0.455. The van der Waals surface area contributed by atoms with Gasteiger partial charge in [-0.3, -0.25) is 0 Å². The van der Waals surface area contributed by atoms with Crippen molar-refractivity contribution in [3.63, 3.8) is 0 Å². The van der Waals surface area contributed by atoms with Crippen LogP contribution in [0, 0.1) is 6.92 Å². The fourth-order valence-corrected chi connectivity index (χ4v) is 7.46. The number of hydrogen-bond acceptors (Lipinski definition) is 7. The van der Waals surface area contributed by atoms with Crippen molar-refractivity contribution >= 4 is 23.8 Å². The lowest BCUT2D eigenvalue weighted by Gasteiger charge is -2.29. The average Bonchev–Trinajstić information content (AvgIpc) is 2.93. The first-order valence-corrected chi connectivity index (χ1v) is 15.0. The van der Waals surface area contributed by atoms with Crippen LogP contribution in [0.2, 0.25) is 0 Å². The molecule has 0 bridgehead atoms. The van der Waals surface area contributed by atoms with E-state index in [4.69, 9.17) is 28.4 Å². The minimum absolute atomic E-state index is 0.157. The summed E-state index contributed by atoms with van der Waals surface area (Å²) < 4.78 is 35.7. The Hall–Kier alpha value is -2.99. The van der Waals surface area contributed by atoms with Crippen molar-refractivity contribution in [3.8, 4) is 28.7 Å². The van der Waals surface area contributed by atoms with Crippen molar-refractivity contribution in [2.75, 3.05) is 35.0 Å². The van der Waals surface area contributed by atoms with E-state index in [1.165, 1.54) is 0 Å². The summed E-state index contributed by atoms with van der Waals surface area (Å²) in [4.78, 5) is 0. The van der Waals surface area contributed by atoms with Gasteiger partial charge in [0.15, 0.2) is 0 Å². The second-order valence-electron chi connectivity index (χ2n) is 11.4. The van der Waals surface area contributed by atoms with Crippen molar-refractivity contribution in [1.82, 2.24) is 0 Å². The molecule has 7 nitrogen and oxygen atoms in total. The summed E-state index contributed by atoms with van der Waals surface area (Å²) in [5.74, 6) is 2.72. The fourth-order valence-electron chi connectivity index (χ4n) is 4.52. The minimum Gasteiger partial charge on any atom is -0.507 e. The number of ether oxygens (including phenoxy) is 6. The molecular formula is C33H45O7P. The van der Waals surface area contributed by atoms with Crippen LogP contribution >= 0.6 is 7.92 Å². The van der Waals surface area contributed by atoms with Crippen LogP contribution in [0.25, 0.3) is 0 Å². The molecule has 1 N–H and O–H groups in total. The van der Waals surface area contributed by atoms with Gasteiger partial charge in [-0.15, -0.1) is 0 Å². The smallest absolute Gasteiger partial charge is 0.130 e. The van der Waals surface area contributed by atoms with Crippen molar-refractivity contribution in [3.05, 3.63) is 59.7 Å². The van der Waals surface area contributed by atoms with Crippen molar-refractivity contribution in [2.45, 2.75) is 65.8 Å². The van der Waals surface area contributed by atoms with Crippen LogP contribution in [0.5, 0.6) is 28.7 Å². The SMILES string of the molecule is COc1cccc(OC)c1P(c1cc(C)cc(COC(C)(C)CCOC(C)(C)C)c1O)c1c(OC)cccc1OC. The number of phenolic OH excluding ortho intramolecular Hbond substituents is 1. The summed E-state index contributed by atoms with van der Waals surface area (Å²) in [7, 11) is 5.03. The van der Waals surface area contributed by atoms with E-state index in [0.29, 0.717) is 41.6 Å². The monoisotopic (exact) mass is 584 g/mol. The lowest BCUT2D eigenvalue weighted by Crippen LogP contribution is -2.29. The van der Waals surface area contributed by atoms with Crippen LogP contribution in [-0.2, 0) is 16.1 Å². The summed E-state index contributed by atoms with van der Waals surface area (Å²) in [6.07, 6.45) is 0.716. The molecule has 3 aromatic carbocycles. The van der Waals surface area contributed by atoms with Gasteiger partial charge in [0.2, 0.25) is 0 Å². The zero-order chi connectivity index (χ0) is 30.4. The van der Waals surface area contributed by atoms with Gasteiger partial charge in [-0.25, -0.2) is 0 Å². The maximum atomic E-state index is 11.9. The molecule has 8 heteroatoms. The first kappa shape index (κ1) is 32.5. The summed E-state index contributed by atoms with van der Waals surface area (Å²) >= 11 is 0. The molecule has 41 heavy (non-hydrogen) atoms. The van der Waals surface area contributed by atoms with Crippen LogP contribution in [-0.4, -0.2) is 51.4 Å². The van der Waals surface area contributed by atoms with E-state index in [-0.39, 0.29) is 18.0 Å². The third-order valence-corrected chi connectivity index (χ3v) is 9.26. The highest BCUT2D eigenvalue weighted by atomic mass is 31.1. The molecule has 3 aromatic rings. The van der Waals surface area contributed by atoms with Crippen LogP contribution in [0.15, 0.2) is 48.5 Å². The lowest BCUT2D eigenvalue weighted by atomic mass is 10.0. The van der Waals surface area contributed by atoms with E-state index in [1.54, 1.807) is 28.4 Å². The number of rotatable bonds is 13. The molecule has 0 radical (unpaired) electrons. The molecule has 0 aliphatic rings. The third kappa shape index (κ3) is 8.06. The predicted octanol–water partition coefficient (Wildman–Crippen LogP) is 5.99. The Kier molecular flexibility index (Phi) is 10.9. The summed E-state index contributed by atoms with van der Waals surface area (Å²) in [6.45, 7) is 13.0. The second-order valence-corrected chi connectivity index (χ2v) is 13.5. The molecular weight excluding hydrogens is 539 g/mol. The van der Waals surface area contributed by atoms with Crippen molar-refractivity contribution in [2.24, 2.45) is 0 Å². The Morgan fingerprint density at radius 1 is 0.707 bits per heavy atom. The number of hydrogen-bond donors (Lipinski definition) is 1. The van der Waals surface area contributed by atoms with Gasteiger partial charge in [0.05, 0.1) is 56.9 Å². The molecule has 3 rings (SSSR count). The predicted molar refractivity (Wildman–Crippen MR) is 167 cm³/mol. The van der Waals surface area contributed by atoms with Crippen LogP contribution in [0.1, 0.15) is 52.2 Å². The maximum absolute atomic E-state index is 11.9. The molecule has 0 spiro atoms. The lowest BCUT2D eigenvalue weighted by molar-refractivity contribution is -0.0732. The third-order valence-electron chi connectivity index (χ3n) is 6.66. The van der Waals surface area contributed by atoms with E-state index >= 15 is 0 Å². The highest BCUT2D eigenvalue weighted by Crippen LogP contribution is 2.48. The van der Waals surface area contributed by atoms with Crippen LogP contribution in [0.3, 0.4) is 0 Å². The molecule has 0 aromatic heterocycles. The average molecular weight is 585 g/mol. The van der Waals surface area contributed by atoms with Crippen LogP contribution < -0.4 is 34.9 Å². The molecule has 0 heterocycles. The van der Waals surface area contributed by atoms with Gasteiger partial charge < -0.3 is 33.5 Å². The highest BCUT2D eigenvalue weighted by molar-refractivity contribution is 7.80. The van der Waals surface area contributed by atoms with E-state index in [2.05, 4.69) is 0 Å². The van der Waals surface area contributed by atoms with Crippen molar-refractivity contribution in [1.29, 1.82) is 0 Å². The van der Waals surface area contributed by atoms with Crippen molar-refractivity contribution < 1.29 is 33.5 Å². The van der Waals surface area contributed by atoms with E-state index in [0.717, 1.165) is 21.5 Å². The minimum atomic E-state index is -1.49. The topological polar surface area (TPSA) is 75.6 Å². The first-order valence-electron chi connectivity index (χ1n) is 13.7. The largest absolute Gasteiger partial charge is 0.507 e. The standard InChI is InChI=1S/C33H45O7P/c1-22-19-23(21-40-33(5,6)17-18-39-32(2,3)4)29(34)28(20-22)41(30-24(35-7)13-11-14-25(30)36-8)31-26(37-9)15-12-16-27(31)38-10/h11-16,19-20,34H,17-18,21H2,1-10H3. The van der Waals surface area contributed by atoms with Gasteiger partial charge in [-0.2, -0.15) is 0 Å². The second kappa shape index (κ2) is 13.8. The number of aromatic hydroxyl groups is 1. The number of aryl methyl sites for hydroxylation is 1. The van der Waals surface area contributed by atoms with E-state index in [9.17, 15) is 5.11 Å². The molecule has 0 saturated heterocycles. The molecule has 0 aliphatic carbocycles. The van der Waals surface area contributed by atoms with Gasteiger partial charge in [-0.05, 0) is 83.9 Å². The zero-order valence-corrected chi connectivity index (χ0v) is 27.0. The summed E-state index contributed by atoms with van der Waals surface area (Å²) in [5, 5.41) is 14.2. The van der Waals surface area contributed by atoms with E-state index < -0.39 is 13.5 Å². The normalized spacial score (nSPS) is 12.0. The molecule has 0 atom stereocenters. The van der Waals surface area contributed by atoms with Gasteiger partial charge in [0.25, 0.3) is 0 Å². The number of methoxy groups -OCH3 is 4. The van der Waals surface area contributed by atoms with Crippen LogP contribution in [0.4, 0.5) is 0 Å². The summed E-state index contributed by atoms with van der Waals surface area (Å²) in [6, 6.07) is 15.3. The van der Waals surface area contributed by atoms with Gasteiger partial charge >= 0.3 is 0 Å². The number of phenols is 1. The molecule has 0 fully saturated rings. The Morgan fingerprint density at radius 3 is 1.59 bits per heavy atom. The molecule has 224 valence electrons. The molecule has 0 aliphatic heterocycles. The maximum Gasteiger partial charge on any atom is 0.130 e. The zero-order valence-electron chi connectivity index (χ0n) is 26.1. The highest BCUT2D eigenvalue weighted by Gasteiger charge is 2.33. The summed E-state index contributed by atoms with van der Waals surface area (Å²) in [5.41, 5.74) is 1.01. The Morgan fingerprint density at radius 2 is 1.17 bits per heavy atom. The molecule has 0 saturated carbocycles. The quantitative estimate of drug-likeness (QED) is 0.247.